The summed E-state index contributed by atoms with van der Waals surface area (Å²) in [5, 5.41) is 2.55. The minimum absolute atomic E-state index is 0.287. The minimum Gasteiger partial charge on any atom is -0.457 e. The molecule has 5 nitrogen and oxygen atoms in total. The quantitative estimate of drug-likeness (QED) is 0.618. The van der Waals surface area contributed by atoms with Crippen molar-refractivity contribution in [2.45, 2.75) is 13.0 Å². The summed E-state index contributed by atoms with van der Waals surface area (Å²) in [5.41, 5.74) is 0.287. The molecule has 1 amide bonds. The molecule has 0 heterocycles. The van der Waals surface area contributed by atoms with E-state index in [0.29, 0.717) is 18.0 Å². The van der Waals surface area contributed by atoms with E-state index in [4.69, 9.17) is 9.47 Å². The summed E-state index contributed by atoms with van der Waals surface area (Å²) >= 11 is 0. The number of benzene rings is 2. The predicted molar refractivity (Wildman–Crippen MR) is 91.0 cm³/mol. The zero-order valence-corrected chi connectivity index (χ0v) is 13.7. The van der Waals surface area contributed by atoms with E-state index in [1.807, 2.05) is 0 Å². The van der Waals surface area contributed by atoms with Gasteiger partial charge in [-0.3, -0.25) is 4.79 Å². The first kappa shape index (κ1) is 18.2. The SMILES string of the molecule is C=CCNC(=O)[C@@H](C)OC(=O)c1ccc(Oc2ccc(F)cc2)cc1. The van der Waals surface area contributed by atoms with E-state index in [9.17, 15) is 14.0 Å². The van der Waals surface area contributed by atoms with Crippen molar-refractivity contribution < 1.29 is 23.5 Å². The molecule has 130 valence electrons. The number of rotatable bonds is 7. The lowest BCUT2D eigenvalue weighted by Gasteiger charge is -2.13. The number of carbonyl (C=O) groups is 2. The highest BCUT2D eigenvalue weighted by Crippen LogP contribution is 2.22. The maximum absolute atomic E-state index is 12.9. The summed E-state index contributed by atoms with van der Waals surface area (Å²) in [7, 11) is 0. The summed E-state index contributed by atoms with van der Waals surface area (Å²) in [5.74, 6) is -0.403. The van der Waals surface area contributed by atoms with Crippen LogP contribution in [0.4, 0.5) is 4.39 Å². The number of amides is 1. The Labute approximate surface area is 145 Å². The predicted octanol–water partition coefficient (Wildman–Crippen LogP) is 3.47. The van der Waals surface area contributed by atoms with Crippen LogP contribution in [0.1, 0.15) is 17.3 Å². The number of ether oxygens (including phenoxy) is 2. The second kappa shape index (κ2) is 8.63. The molecule has 0 bridgehead atoms. The van der Waals surface area contributed by atoms with Gasteiger partial charge in [0.05, 0.1) is 5.56 Å². The van der Waals surface area contributed by atoms with E-state index >= 15 is 0 Å². The zero-order valence-electron chi connectivity index (χ0n) is 13.7. The van der Waals surface area contributed by atoms with E-state index in [0.717, 1.165) is 0 Å². The van der Waals surface area contributed by atoms with Crippen LogP contribution in [0.15, 0.2) is 61.2 Å². The van der Waals surface area contributed by atoms with Crippen LogP contribution in [0.25, 0.3) is 0 Å². The average Bonchev–Trinajstić information content (AvgIpc) is 2.62. The van der Waals surface area contributed by atoms with Crippen LogP contribution >= 0.6 is 0 Å². The Morgan fingerprint density at radius 1 is 1.12 bits per heavy atom. The fraction of sp³-hybridized carbons (Fsp3) is 0.158. The zero-order chi connectivity index (χ0) is 18.2. The number of hydrogen-bond donors (Lipinski definition) is 1. The van der Waals surface area contributed by atoms with Crippen LogP contribution in [-0.4, -0.2) is 24.5 Å². The van der Waals surface area contributed by atoms with Crippen LogP contribution in [0, 0.1) is 5.82 Å². The number of esters is 1. The van der Waals surface area contributed by atoms with Crippen molar-refractivity contribution in [1.82, 2.24) is 5.32 Å². The summed E-state index contributed by atoms with van der Waals surface area (Å²) in [6.07, 6.45) is 0.620. The number of halogens is 1. The number of nitrogens with one attached hydrogen (secondary N) is 1. The minimum atomic E-state index is -0.914. The molecule has 0 spiro atoms. The molecule has 0 fully saturated rings. The third kappa shape index (κ3) is 5.46. The highest BCUT2D eigenvalue weighted by molar-refractivity contribution is 5.92. The van der Waals surface area contributed by atoms with Crippen LogP contribution in [0.2, 0.25) is 0 Å². The molecule has 0 aliphatic carbocycles. The second-order valence-corrected chi connectivity index (χ2v) is 5.16. The Bertz CT molecular complexity index is 741. The third-order valence-electron chi connectivity index (χ3n) is 3.21. The lowest BCUT2D eigenvalue weighted by molar-refractivity contribution is -0.128. The smallest absolute Gasteiger partial charge is 0.338 e. The summed E-state index contributed by atoms with van der Waals surface area (Å²) in [6.45, 7) is 5.28. The van der Waals surface area contributed by atoms with E-state index in [1.54, 1.807) is 12.1 Å². The Morgan fingerprint density at radius 2 is 1.68 bits per heavy atom. The first-order valence-corrected chi connectivity index (χ1v) is 7.62. The molecule has 0 saturated carbocycles. The molecule has 1 N–H and O–H groups in total. The van der Waals surface area contributed by atoms with Gasteiger partial charge in [0.15, 0.2) is 6.10 Å². The molecular weight excluding hydrogens is 325 g/mol. The van der Waals surface area contributed by atoms with Crippen molar-refractivity contribution >= 4 is 11.9 Å². The lowest BCUT2D eigenvalue weighted by atomic mass is 10.2. The van der Waals surface area contributed by atoms with Crippen molar-refractivity contribution in [1.29, 1.82) is 0 Å². The normalized spacial score (nSPS) is 11.3. The van der Waals surface area contributed by atoms with Gasteiger partial charge in [0.2, 0.25) is 0 Å². The largest absolute Gasteiger partial charge is 0.457 e. The summed E-state index contributed by atoms with van der Waals surface area (Å²) < 4.78 is 23.5. The Morgan fingerprint density at radius 3 is 2.24 bits per heavy atom. The Kier molecular flexibility index (Phi) is 6.28. The van der Waals surface area contributed by atoms with Gasteiger partial charge < -0.3 is 14.8 Å². The van der Waals surface area contributed by atoms with Gasteiger partial charge >= 0.3 is 5.97 Å². The van der Waals surface area contributed by atoms with Gasteiger partial charge in [0.1, 0.15) is 17.3 Å². The summed E-state index contributed by atoms with van der Waals surface area (Å²) in [4.78, 5) is 23.7. The maximum atomic E-state index is 12.9. The van der Waals surface area contributed by atoms with Crippen LogP contribution in [0.5, 0.6) is 11.5 Å². The summed E-state index contributed by atoms with van der Waals surface area (Å²) in [6, 6.07) is 11.8. The fourth-order valence-electron chi connectivity index (χ4n) is 1.90. The van der Waals surface area contributed by atoms with Crippen molar-refractivity contribution in [3.8, 4) is 11.5 Å². The van der Waals surface area contributed by atoms with Gasteiger partial charge in [-0.1, -0.05) is 6.08 Å². The van der Waals surface area contributed by atoms with Crippen LogP contribution in [-0.2, 0) is 9.53 Å². The van der Waals surface area contributed by atoms with E-state index in [-0.39, 0.29) is 11.4 Å². The molecule has 0 aliphatic heterocycles. The molecule has 0 radical (unpaired) electrons. The van der Waals surface area contributed by atoms with Crippen molar-refractivity contribution in [3.63, 3.8) is 0 Å². The van der Waals surface area contributed by atoms with E-state index < -0.39 is 18.0 Å². The standard InChI is InChI=1S/C19H18FNO4/c1-3-12-21-18(22)13(2)24-19(23)14-4-8-16(9-5-14)25-17-10-6-15(20)7-11-17/h3-11,13H,1,12H2,2H3,(H,21,22)/t13-/m1/s1. The van der Waals surface area contributed by atoms with Gasteiger partial charge in [-0.05, 0) is 55.5 Å². The molecule has 25 heavy (non-hydrogen) atoms. The van der Waals surface area contributed by atoms with Gasteiger partial charge in [0.25, 0.3) is 5.91 Å². The molecule has 2 aromatic rings. The number of carbonyl (C=O) groups excluding carboxylic acids is 2. The van der Waals surface area contributed by atoms with Gasteiger partial charge in [-0.25, -0.2) is 9.18 Å². The topological polar surface area (TPSA) is 64.6 Å². The van der Waals surface area contributed by atoms with Crippen molar-refractivity contribution in [2.75, 3.05) is 6.54 Å². The molecule has 2 rings (SSSR count). The van der Waals surface area contributed by atoms with Crippen molar-refractivity contribution in [3.05, 3.63) is 72.6 Å². The van der Waals surface area contributed by atoms with Crippen molar-refractivity contribution in [2.24, 2.45) is 0 Å². The molecule has 0 aromatic heterocycles. The first-order valence-electron chi connectivity index (χ1n) is 7.62. The van der Waals surface area contributed by atoms with Gasteiger partial charge in [0, 0.05) is 6.54 Å². The maximum Gasteiger partial charge on any atom is 0.338 e. The monoisotopic (exact) mass is 343 g/mol. The molecular formula is C19H18FNO4. The lowest BCUT2D eigenvalue weighted by Crippen LogP contribution is -2.35. The molecule has 0 unspecified atom stereocenters. The Balaban J connectivity index is 1.94. The van der Waals surface area contributed by atoms with E-state index in [2.05, 4.69) is 11.9 Å². The molecule has 1 atom stereocenters. The highest BCUT2D eigenvalue weighted by atomic mass is 19.1. The molecule has 0 saturated heterocycles. The Hall–Kier alpha value is -3.15. The first-order chi connectivity index (χ1) is 12.0. The fourth-order valence-corrected chi connectivity index (χ4v) is 1.90. The van der Waals surface area contributed by atoms with Gasteiger partial charge in [-0.2, -0.15) is 0 Å². The van der Waals surface area contributed by atoms with Crippen LogP contribution in [0.3, 0.4) is 0 Å². The molecule has 2 aromatic carbocycles. The van der Waals surface area contributed by atoms with E-state index in [1.165, 1.54) is 49.4 Å². The molecule has 6 heteroatoms. The highest BCUT2D eigenvalue weighted by Gasteiger charge is 2.18. The second-order valence-electron chi connectivity index (χ2n) is 5.16. The van der Waals surface area contributed by atoms with Crippen LogP contribution < -0.4 is 10.1 Å². The average molecular weight is 343 g/mol. The number of hydrogen-bond acceptors (Lipinski definition) is 4. The molecule has 0 aliphatic rings. The third-order valence-corrected chi connectivity index (χ3v) is 3.21. The van der Waals surface area contributed by atoms with Gasteiger partial charge in [-0.15, -0.1) is 6.58 Å².